The van der Waals surface area contributed by atoms with Crippen LogP contribution in [0.25, 0.3) is 0 Å². The van der Waals surface area contributed by atoms with Crippen molar-refractivity contribution in [3.63, 3.8) is 0 Å². The number of benzene rings is 2. The Morgan fingerprint density at radius 3 is 2.42 bits per heavy atom. The molecule has 0 bridgehead atoms. The molecule has 4 nitrogen and oxygen atoms in total. The predicted molar refractivity (Wildman–Crippen MR) is 146 cm³/mol. The Labute approximate surface area is 225 Å². The van der Waals surface area contributed by atoms with Gasteiger partial charge in [-0.2, -0.15) is 0 Å². The van der Waals surface area contributed by atoms with Gasteiger partial charge in [-0.05, 0) is 84.7 Å². The number of ether oxygens (including phenoxy) is 1. The van der Waals surface area contributed by atoms with Crippen LogP contribution in [0, 0.1) is 17.6 Å². The Balaban J connectivity index is 1.53. The third-order valence-electron chi connectivity index (χ3n) is 7.91. The van der Waals surface area contributed by atoms with E-state index in [2.05, 4.69) is 13.5 Å². The molecule has 1 aliphatic carbocycles. The Kier molecular flexibility index (Phi) is 11.9. The van der Waals surface area contributed by atoms with Crippen molar-refractivity contribution in [2.45, 2.75) is 83.0 Å². The minimum absolute atomic E-state index is 0.0853. The van der Waals surface area contributed by atoms with Crippen LogP contribution in [-0.4, -0.2) is 36.0 Å². The number of aliphatic hydroxyl groups excluding tert-OH is 2. The van der Waals surface area contributed by atoms with Crippen LogP contribution in [-0.2, 0) is 22.4 Å². The molecule has 0 heterocycles. The Bertz CT molecular complexity index is 1060. The SMILES string of the molecule is C=C(CO)C(=O)OCC(CO)c1ccc(CCc2ccc(C3CCC(CCCCC)CC3)c(F)c2)c(F)c1. The fraction of sp³-hybridized carbons (Fsp3) is 0.531. The van der Waals surface area contributed by atoms with Crippen molar-refractivity contribution >= 4 is 5.97 Å². The van der Waals surface area contributed by atoms with Crippen molar-refractivity contribution in [2.24, 2.45) is 5.92 Å². The van der Waals surface area contributed by atoms with Crippen LogP contribution in [0.3, 0.4) is 0 Å². The molecule has 3 rings (SSSR count). The Morgan fingerprint density at radius 2 is 1.79 bits per heavy atom. The third kappa shape index (κ3) is 8.47. The van der Waals surface area contributed by atoms with Gasteiger partial charge in [-0.25, -0.2) is 13.6 Å². The number of carbonyl (C=O) groups is 1. The van der Waals surface area contributed by atoms with Crippen LogP contribution in [0.1, 0.15) is 92.4 Å². The lowest BCUT2D eigenvalue weighted by Gasteiger charge is -2.29. The molecule has 1 aliphatic rings. The van der Waals surface area contributed by atoms with Gasteiger partial charge in [-0.3, -0.25) is 0 Å². The van der Waals surface area contributed by atoms with Crippen molar-refractivity contribution in [3.05, 3.63) is 82.4 Å². The first-order chi connectivity index (χ1) is 18.4. The molecule has 1 atom stereocenters. The van der Waals surface area contributed by atoms with Gasteiger partial charge in [0.1, 0.15) is 18.2 Å². The van der Waals surface area contributed by atoms with Crippen molar-refractivity contribution in [3.8, 4) is 0 Å². The molecule has 0 radical (unpaired) electrons. The number of hydrogen-bond acceptors (Lipinski definition) is 4. The van der Waals surface area contributed by atoms with E-state index in [4.69, 9.17) is 9.84 Å². The number of halogens is 2. The molecule has 2 aromatic carbocycles. The fourth-order valence-corrected chi connectivity index (χ4v) is 5.40. The summed E-state index contributed by atoms with van der Waals surface area (Å²) in [6.45, 7) is 4.63. The summed E-state index contributed by atoms with van der Waals surface area (Å²) in [7, 11) is 0. The first-order valence-electron chi connectivity index (χ1n) is 14.0. The highest BCUT2D eigenvalue weighted by Crippen LogP contribution is 2.38. The molecule has 2 aromatic rings. The molecule has 0 aromatic heterocycles. The maximum Gasteiger partial charge on any atom is 0.335 e. The fourth-order valence-electron chi connectivity index (χ4n) is 5.40. The molecule has 2 N–H and O–H groups in total. The lowest BCUT2D eigenvalue weighted by molar-refractivity contribution is -0.140. The Morgan fingerprint density at radius 1 is 1.03 bits per heavy atom. The highest BCUT2D eigenvalue weighted by Gasteiger charge is 2.24. The second-order valence-corrected chi connectivity index (χ2v) is 10.7. The number of rotatable bonds is 14. The predicted octanol–water partition coefficient (Wildman–Crippen LogP) is 6.77. The lowest BCUT2D eigenvalue weighted by Crippen LogP contribution is -2.18. The largest absolute Gasteiger partial charge is 0.462 e. The number of unbranched alkanes of at least 4 members (excludes halogenated alkanes) is 2. The van der Waals surface area contributed by atoms with Gasteiger partial charge in [-0.15, -0.1) is 0 Å². The zero-order valence-corrected chi connectivity index (χ0v) is 22.6. The van der Waals surface area contributed by atoms with E-state index in [0.717, 1.165) is 29.9 Å². The number of aryl methyl sites for hydroxylation is 2. The van der Waals surface area contributed by atoms with Gasteiger partial charge in [0.2, 0.25) is 0 Å². The van der Waals surface area contributed by atoms with E-state index in [1.165, 1.54) is 44.6 Å². The summed E-state index contributed by atoms with van der Waals surface area (Å²) in [4.78, 5) is 11.7. The van der Waals surface area contributed by atoms with E-state index in [-0.39, 0.29) is 30.5 Å². The van der Waals surface area contributed by atoms with Crippen LogP contribution in [0.2, 0.25) is 0 Å². The number of hydrogen-bond donors (Lipinski definition) is 2. The summed E-state index contributed by atoms with van der Waals surface area (Å²) in [5.41, 5.74) is 2.58. The monoisotopic (exact) mass is 528 g/mol. The minimum Gasteiger partial charge on any atom is -0.462 e. The van der Waals surface area contributed by atoms with Gasteiger partial charge in [0.15, 0.2) is 0 Å². The molecule has 0 aliphatic heterocycles. The van der Waals surface area contributed by atoms with E-state index >= 15 is 4.39 Å². The van der Waals surface area contributed by atoms with E-state index in [1.54, 1.807) is 18.2 Å². The maximum atomic E-state index is 15.0. The average molecular weight is 529 g/mol. The first-order valence-corrected chi connectivity index (χ1v) is 14.0. The highest BCUT2D eigenvalue weighted by molar-refractivity contribution is 5.87. The van der Waals surface area contributed by atoms with Crippen molar-refractivity contribution in [2.75, 3.05) is 19.8 Å². The van der Waals surface area contributed by atoms with Crippen LogP contribution in [0.4, 0.5) is 8.78 Å². The molecular weight excluding hydrogens is 486 g/mol. The zero-order valence-electron chi connectivity index (χ0n) is 22.6. The molecule has 0 saturated heterocycles. The summed E-state index contributed by atoms with van der Waals surface area (Å²) in [6.07, 6.45) is 10.6. The van der Waals surface area contributed by atoms with E-state index in [9.17, 15) is 14.3 Å². The summed E-state index contributed by atoms with van der Waals surface area (Å²) >= 11 is 0. The molecule has 1 unspecified atom stereocenters. The number of aliphatic hydroxyl groups is 2. The topological polar surface area (TPSA) is 66.8 Å². The van der Waals surface area contributed by atoms with Gasteiger partial charge in [-0.1, -0.05) is 63.5 Å². The second kappa shape index (κ2) is 15.1. The quantitative estimate of drug-likeness (QED) is 0.161. The van der Waals surface area contributed by atoms with E-state index in [1.807, 2.05) is 12.1 Å². The van der Waals surface area contributed by atoms with Gasteiger partial charge < -0.3 is 14.9 Å². The first kappa shape index (κ1) is 30.0. The van der Waals surface area contributed by atoms with Crippen LogP contribution >= 0.6 is 0 Å². The lowest BCUT2D eigenvalue weighted by atomic mass is 9.76. The second-order valence-electron chi connectivity index (χ2n) is 10.7. The van der Waals surface area contributed by atoms with Crippen molar-refractivity contribution < 1.29 is 28.5 Å². The zero-order chi connectivity index (χ0) is 27.5. The normalized spacial score (nSPS) is 18.2. The van der Waals surface area contributed by atoms with Crippen LogP contribution in [0.15, 0.2) is 48.6 Å². The summed E-state index contributed by atoms with van der Waals surface area (Å²) in [6, 6.07) is 10.2. The smallest absolute Gasteiger partial charge is 0.335 e. The molecule has 208 valence electrons. The van der Waals surface area contributed by atoms with Gasteiger partial charge in [0.25, 0.3) is 0 Å². The molecule has 1 fully saturated rings. The van der Waals surface area contributed by atoms with E-state index in [0.29, 0.717) is 24.0 Å². The third-order valence-corrected chi connectivity index (χ3v) is 7.91. The minimum atomic E-state index is -0.753. The molecule has 6 heteroatoms. The average Bonchev–Trinajstić information content (AvgIpc) is 2.93. The summed E-state index contributed by atoms with van der Waals surface area (Å²) in [5, 5.41) is 18.6. The van der Waals surface area contributed by atoms with Crippen molar-refractivity contribution in [1.82, 2.24) is 0 Å². The molecule has 1 saturated carbocycles. The van der Waals surface area contributed by atoms with E-state index < -0.39 is 24.3 Å². The van der Waals surface area contributed by atoms with Crippen LogP contribution in [0.5, 0.6) is 0 Å². The van der Waals surface area contributed by atoms with Gasteiger partial charge >= 0.3 is 5.97 Å². The standard InChI is InChI=1S/C32H42F2O4/c1-3-4-5-6-23-7-11-25(12-8-23)29-16-10-24(17-31(29)34)9-13-26-14-15-27(18-30(26)33)28(20-36)21-38-32(37)22(2)19-35/h10,14-18,23,25,28,35-36H,2-9,11-13,19-21H2,1H3. The summed E-state index contributed by atoms with van der Waals surface area (Å²) < 4.78 is 34.9. The highest BCUT2D eigenvalue weighted by atomic mass is 19.1. The Hall–Kier alpha value is -2.57. The number of esters is 1. The molecule has 0 amide bonds. The number of carbonyl (C=O) groups excluding carboxylic acids is 1. The summed E-state index contributed by atoms with van der Waals surface area (Å²) in [5.74, 6) is -0.845. The van der Waals surface area contributed by atoms with Gasteiger partial charge in [0, 0.05) is 5.92 Å². The van der Waals surface area contributed by atoms with Crippen LogP contribution < -0.4 is 0 Å². The van der Waals surface area contributed by atoms with Crippen molar-refractivity contribution in [1.29, 1.82) is 0 Å². The molecule has 38 heavy (non-hydrogen) atoms. The molecule has 0 spiro atoms. The maximum absolute atomic E-state index is 15.0. The molecular formula is C32H42F2O4. The van der Waals surface area contributed by atoms with Gasteiger partial charge in [0.05, 0.1) is 18.8 Å².